The highest BCUT2D eigenvalue weighted by atomic mass is 19.4. The summed E-state index contributed by atoms with van der Waals surface area (Å²) in [5.74, 6) is 0.383. The molecule has 1 saturated carbocycles. The zero-order valence-electron chi connectivity index (χ0n) is 19.8. The first-order chi connectivity index (χ1) is 18.0. The molecule has 38 heavy (non-hydrogen) atoms. The Morgan fingerprint density at radius 2 is 2.11 bits per heavy atom. The maximum Gasteiger partial charge on any atom is 0.419 e. The van der Waals surface area contributed by atoms with Gasteiger partial charge in [-0.15, -0.1) is 0 Å². The molecule has 2 aliphatic heterocycles. The van der Waals surface area contributed by atoms with E-state index in [0.29, 0.717) is 46.4 Å². The first-order valence-electron chi connectivity index (χ1n) is 11.4. The van der Waals surface area contributed by atoms with Crippen LogP contribution in [0, 0.1) is 11.7 Å². The summed E-state index contributed by atoms with van der Waals surface area (Å²) in [7, 11) is 0. The molecule has 198 valence electrons. The summed E-state index contributed by atoms with van der Waals surface area (Å²) in [4.78, 5) is 27.9. The lowest BCUT2D eigenvalue weighted by atomic mass is 10.1. The minimum Gasteiger partial charge on any atom is -0.487 e. The van der Waals surface area contributed by atoms with Gasteiger partial charge in [0.05, 0.1) is 29.6 Å². The molecule has 4 N–H and O–H groups in total. The fourth-order valence-electron chi connectivity index (χ4n) is 4.26. The summed E-state index contributed by atoms with van der Waals surface area (Å²) in [6.07, 6.45) is -0.351. The topological polar surface area (TPSA) is 114 Å². The van der Waals surface area contributed by atoms with Crippen molar-refractivity contribution in [2.75, 3.05) is 10.6 Å². The van der Waals surface area contributed by atoms with Crippen molar-refractivity contribution >= 4 is 23.6 Å². The van der Waals surface area contributed by atoms with E-state index < -0.39 is 29.6 Å². The summed E-state index contributed by atoms with van der Waals surface area (Å²) in [5.41, 5.74) is -0.308. The number of amides is 4. The molecule has 2 fully saturated rings. The first-order valence-corrected chi connectivity index (χ1v) is 11.4. The third-order valence-corrected chi connectivity index (χ3v) is 6.17. The van der Waals surface area contributed by atoms with E-state index in [1.54, 1.807) is 25.1 Å². The van der Waals surface area contributed by atoms with Gasteiger partial charge in [-0.3, -0.25) is 5.32 Å². The number of anilines is 2. The van der Waals surface area contributed by atoms with Crippen molar-refractivity contribution < 1.29 is 36.6 Å². The zero-order chi connectivity index (χ0) is 27.2. The molecule has 1 aromatic carbocycles. The number of nitrogens with one attached hydrogen (secondary N) is 4. The third kappa shape index (κ3) is 4.99. The number of allylic oxidation sites excluding steroid dienone is 4. The van der Waals surface area contributed by atoms with Gasteiger partial charge in [-0.2, -0.15) is 13.2 Å². The van der Waals surface area contributed by atoms with Crippen LogP contribution in [0.4, 0.5) is 38.7 Å². The van der Waals surface area contributed by atoms with Gasteiger partial charge in [0.2, 0.25) is 0 Å². The van der Waals surface area contributed by atoms with Crippen molar-refractivity contribution in [1.29, 1.82) is 0 Å². The molecule has 3 aliphatic rings. The lowest BCUT2D eigenvalue weighted by Crippen LogP contribution is -2.34. The van der Waals surface area contributed by atoms with Crippen molar-refractivity contribution in [3.05, 3.63) is 83.2 Å². The number of pyridine rings is 1. The Balaban J connectivity index is 1.16. The maximum absolute atomic E-state index is 13.5. The lowest BCUT2D eigenvalue weighted by Gasteiger charge is -2.20. The second kappa shape index (κ2) is 9.39. The van der Waals surface area contributed by atoms with Gasteiger partial charge in [0.15, 0.2) is 0 Å². The fourth-order valence-corrected chi connectivity index (χ4v) is 4.26. The molecule has 13 heteroatoms. The number of hydrogen-bond donors (Lipinski definition) is 4. The number of urea groups is 2. The molecule has 1 aromatic heterocycles. The Kier molecular flexibility index (Phi) is 6.21. The predicted molar refractivity (Wildman–Crippen MR) is 127 cm³/mol. The number of carbonyl (C=O) groups excluding carboxylic acids is 2. The van der Waals surface area contributed by atoms with Crippen LogP contribution in [0.15, 0.2) is 66.3 Å². The largest absolute Gasteiger partial charge is 0.487 e. The molecule has 1 saturated heterocycles. The van der Waals surface area contributed by atoms with E-state index in [1.807, 2.05) is 0 Å². The van der Waals surface area contributed by atoms with Gasteiger partial charge in [-0.25, -0.2) is 19.0 Å². The summed E-state index contributed by atoms with van der Waals surface area (Å²) < 4.78 is 63.9. The quantitative estimate of drug-likeness (QED) is 0.327. The second-order valence-corrected chi connectivity index (χ2v) is 8.80. The zero-order valence-corrected chi connectivity index (χ0v) is 19.8. The number of carbonyl (C=O) groups is 2. The van der Waals surface area contributed by atoms with E-state index in [4.69, 9.17) is 9.47 Å². The monoisotopic (exact) mass is 531 g/mol. The number of aromatic nitrogens is 1. The van der Waals surface area contributed by atoms with Gasteiger partial charge in [0.1, 0.15) is 35.0 Å². The van der Waals surface area contributed by atoms with E-state index in [2.05, 4.69) is 32.8 Å². The Morgan fingerprint density at radius 1 is 1.32 bits per heavy atom. The minimum atomic E-state index is -4.88. The van der Waals surface area contributed by atoms with E-state index in [1.165, 1.54) is 6.20 Å². The number of fused-ring (bicyclic) bond motifs is 2. The second-order valence-electron chi connectivity index (χ2n) is 8.80. The summed E-state index contributed by atoms with van der Waals surface area (Å²) >= 11 is 0. The van der Waals surface area contributed by atoms with Gasteiger partial charge in [-0.1, -0.05) is 6.58 Å². The van der Waals surface area contributed by atoms with Crippen LogP contribution < -0.4 is 26.0 Å². The molecule has 2 aromatic rings. The van der Waals surface area contributed by atoms with Crippen molar-refractivity contribution in [2.45, 2.75) is 31.8 Å². The summed E-state index contributed by atoms with van der Waals surface area (Å²) in [6.45, 7) is 6.03. The Bertz CT molecular complexity index is 1400. The summed E-state index contributed by atoms with van der Waals surface area (Å²) in [5, 5.41) is 10.2. The molecule has 3 heterocycles. The van der Waals surface area contributed by atoms with Crippen LogP contribution >= 0.6 is 0 Å². The van der Waals surface area contributed by atoms with Crippen molar-refractivity contribution in [3.8, 4) is 5.75 Å². The maximum atomic E-state index is 13.5. The van der Waals surface area contributed by atoms with E-state index >= 15 is 0 Å². The average molecular weight is 531 g/mol. The van der Waals surface area contributed by atoms with Gasteiger partial charge in [0.25, 0.3) is 0 Å². The van der Waals surface area contributed by atoms with Crippen LogP contribution in [-0.4, -0.2) is 29.2 Å². The highest BCUT2D eigenvalue weighted by Crippen LogP contribution is 2.50. The number of hydrogen-bond acceptors (Lipinski definition) is 5. The number of halogens is 4. The fraction of sp³-hybridized carbons (Fsp3) is 0.240. The van der Waals surface area contributed by atoms with Gasteiger partial charge >= 0.3 is 18.2 Å². The van der Waals surface area contributed by atoms with E-state index in [-0.39, 0.29) is 30.3 Å². The highest BCUT2D eigenvalue weighted by molar-refractivity contribution is 5.91. The molecule has 4 amide bonds. The molecule has 0 radical (unpaired) electrons. The van der Waals surface area contributed by atoms with E-state index in [9.17, 15) is 27.2 Å². The molecular weight excluding hydrogens is 510 g/mol. The smallest absolute Gasteiger partial charge is 0.419 e. The Hall–Kier alpha value is -4.55. The van der Waals surface area contributed by atoms with Crippen LogP contribution in [0.3, 0.4) is 0 Å². The van der Waals surface area contributed by atoms with Crippen molar-refractivity contribution in [1.82, 2.24) is 15.6 Å². The first kappa shape index (κ1) is 25.1. The molecule has 1 aliphatic carbocycles. The van der Waals surface area contributed by atoms with Gasteiger partial charge in [-0.05, 0) is 48.9 Å². The van der Waals surface area contributed by atoms with Crippen LogP contribution in [0.5, 0.6) is 5.75 Å². The molecule has 0 unspecified atom stereocenters. The molecule has 3 atom stereocenters. The van der Waals surface area contributed by atoms with Crippen molar-refractivity contribution in [2.24, 2.45) is 5.92 Å². The van der Waals surface area contributed by atoms with Crippen LogP contribution in [0.25, 0.3) is 0 Å². The Labute approximate surface area is 213 Å². The molecule has 5 rings (SSSR count). The molecule has 0 spiro atoms. The standard InChI is InChI=1S/C25H21F4N5O4/c1-11(37-18-7-8-30-22-14(18)10-31-23(35)34-22)3-6-17-12(2)19-20(21(19)38-17)33-24(36)32-13-4-5-16(26)15(9-13)25(27,28)29/h3-9,19-21H,2,10H2,1H3,(H2,32,33,36)(H2,30,31,34,35)/b11-3+,17-6+/t19-,20-,21-/m0/s1. The molecule has 9 nitrogen and oxygen atoms in total. The number of alkyl halides is 3. The van der Waals surface area contributed by atoms with Crippen LogP contribution in [-0.2, 0) is 17.5 Å². The van der Waals surface area contributed by atoms with Gasteiger partial charge in [0, 0.05) is 11.9 Å². The molecule has 0 bridgehead atoms. The number of nitrogens with zero attached hydrogens (tertiary/aromatic N) is 1. The third-order valence-electron chi connectivity index (χ3n) is 6.17. The lowest BCUT2D eigenvalue weighted by molar-refractivity contribution is -0.139. The Morgan fingerprint density at radius 3 is 2.82 bits per heavy atom. The summed E-state index contributed by atoms with van der Waals surface area (Å²) in [6, 6.07) is 2.40. The number of rotatable bonds is 5. The molecular formula is C25H21F4N5O4. The van der Waals surface area contributed by atoms with Crippen molar-refractivity contribution in [3.63, 3.8) is 0 Å². The van der Waals surface area contributed by atoms with E-state index in [0.717, 1.165) is 6.07 Å². The van der Waals surface area contributed by atoms with Gasteiger partial charge < -0.3 is 25.4 Å². The van der Waals surface area contributed by atoms with Crippen LogP contribution in [0.2, 0.25) is 0 Å². The van der Waals surface area contributed by atoms with Crippen LogP contribution in [0.1, 0.15) is 18.1 Å². The minimum absolute atomic E-state index is 0.192. The SMILES string of the molecule is C=C1/C(=C\C=C(/C)Oc2ccnc3c2CNC(=O)N3)O[C@@H]2[C@@H](NC(=O)Nc3ccc(F)c(C(F)(F)F)c3)[C@H]12. The number of benzene rings is 1. The predicted octanol–water partition coefficient (Wildman–Crippen LogP) is 4.82. The average Bonchev–Trinajstić information content (AvgIpc) is 3.40. The normalized spacial score (nSPS) is 23.0. The highest BCUT2D eigenvalue weighted by Gasteiger charge is 2.60. The number of ether oxygens (including phenoxy) is 2.